The van der Waals surface area contributed by atoms with Gasteiger partial charge in [-0.15, -0.1) is 0 Å². The smallest absolute Gasteiger partial charge is 0.255 e. The zero-order valence-corrected chi connectivity index (χ0v) is 17.5. The molecule has 156 valence electrons. The lowest BCUT2D eigenvalue weighted by Crippen LogP contribution is -2.28. The first-order chi connectivity index (χ1) is 13.8. The number of hydrogen-bond acceptors (Lipinski definition) is 5. The Morgan fingerprint density at radius 3 is 2.31 bits per heavy atom. The van der Waals surface area contributed by atoms with Gasteiger partial charge >= 0.3 is 0 Å². The Hall–Kier alpha value is -2.91. The molecule has 2 amide bonds. The second-order valence-corrected chi connectivity index (χ2v) is 8.45. The molecule has 0 saturated carbocycles. The molecule has 0 bridgehead atoms. The molecule has 0 fully saturated rings. The average molecular weight is 420 g/mol. The molecule has 8 nitrogen and oxygen atoms in total. The predicted octanol–water partition coefficient (Wildman–Crippen LogP) is 2.10. The van der Waals surface area contributed by atoms with Crippen molar-refractivity contribution < 1.29 is 22.7 Å². The lowest BCUT2D eigenvalue weighted by molar-refractivity contribution is 0.0938. The van der Waals surface area contributed by atoms with Crippen molar-refractivity contribution in [2.75, 3.05) is 42.7 Å². The van der Waals surface area contributed by atoms with Crippen LogP contribution >= 0.6 is 0 Å². The molecule has 2 aromatic carbocycles. The van der Waals surface area contributed by atoms with Crippen LogP contribution in [-0.2, 0) is 14.8 Å². The van der Waals surface area contributed by atoms with Gasteiger partial charge in [0.15, 0.2) is 0 Å². The Morgan fingerprint density at radius 1 is 1.03 bits per heavy atom. The fourth-order valence-electron chi connectivity index (χ4n) is 2.52. The van der Waals surface area contributed by atoms with Crippen LogP contribution in [0.3, 0.4) is 0 Å². The van der Waals surface area contributed by atoms with Crippen molar-refractivity contribution >= 4 is 33.2 Å². The Morgan fingerprint density at radius 2 is 1.69 bits per heavy atom. The highest BCUT2D eigenvalue weighted by molar-refractivity contribution is 7.92. The number of amides is 2. The summed E-state index contributed by atoms with van der Waals surface area (Å²) in [6.07, 6.45) is 0. The maximum atomic E-state index is 12.6. The summed E-state index contributed by atoms with van der Waals surface area (Å²) in [5, 5.41) is 5.44. The molecule has 2 aromatic rings. The molecular formula is C20H25N3O5S. The molecule has 0 unspecified atom stereocenters. The Balaban J connectivity index is 2.14. The quantitative estimate of drug-likeness (QED) is 0.606. The first kappa shape index (κ1) is 22.4. The van der Waals surface area contributed by atoms with Crippen molar-refractivity contribution in [2.45, 2.75) is 6.92 Å². The number of carbonyl (C=O) groups is 2. The van der Waals surface area contributed by atoms with Crippen LogP contribution in [0.5, 0.6) is 0 Å². The summed E-state index contributed by atoms with van der Waals surface area (Å²) in [5.41, 5.74) is 1.51. The first-order valence-electron chi connectivity index (χ1n) is 9.04. The third kappa shape index (κ3) is 5.78. The van der Waals surface area contributed by atoms with Gasteiger partial charge in [0, 0.05) is 26.3 Å². The van der Waals surface area contributed by atoms with Gasteiger partial charge in [-0.3, -0.25) is 13.9 Å². The van der Waals surface area contributed by atoms with E-state index in [1.54, 1.807) is 50.4 Å². The van der Waals surface area contributed by atoms with Crippen molar-refractivity contribution in [3.8, 4) is 0 Å². The summed E-state index contributed by atoms with van der Waals surface area (Å²) < 4.78 is 30.0. The third-order valence-corrected chi connectivity index (χ3v) is 6.06. The van der Waals surface area contributed by atoms with E-state index in [4.69, 9.17) is 4.74 Å². The van der Waals surface area contributed by atoms with Gasteiger partial charge in [-0.1, -0.05) is 12.1 Å². The van der Waals surface area contributed by atoms with Gasteiger partial charge in [-0.05, 0) is 43.3 Å². The minimum Gasteiger partial charge on any atom is -0.383 e. The van der Waals surface area contributed by atoms with E-state index in [0.29, 0.717) is 35.7 Å². The highest BCUT2D eigenvalue weighted by Gasteiger charge is 2.17. The fraction of sp³-hybridized carbons (Fsp3) is 0.300. The van der Waals surface area contributed by atoms with E-state index in [1.807, 2.05) is 0 Å². The van der Waals surface area contributed by atoms with Crippen molar-refractivity contribution in [1.82, 2.24) is 5.32 Å². The van der Waals surface area contributed by atoms with Crippen LogP contribution in [0.25, 0.3) is 0 Å². The molecule has 0 aliphatic heterocycles. The number of nitrogens with zero attached hydrogens (tertiary/aromatic N) is 1. The van der Waals surface area contributed by atoms with Crippen LogP contribution in [0.4, 0.5) is 11.4 Å². The largest absolute Gasteiger partial charge is 0.383 e. The summed E-state index contributed by atoms with van der Waals surface area (Å²) in [6, 6.07) is 12.9. The van der Waals surface area contributed by atoms with Gasteiger partial charge in [0.1, 0.15) is 0 Å². The number of sulfonamides is 1. The van der Waals surface area contributed by atoms with E-state index in [0.717, 1.165) is 0 Å². The number of para-hydroxylation sites is 1. The molecule has 0 aliphatic carbocycles. The number of ether oxygens (including phenoxy) is 1. The molecule has 9 heteroatoms. The maximum absolute atomic E-state index is 12.6. The van der Waals surface area contributed by atoms with E-state index in [2.05, 4.69) is 10.6 Å². The normalized spacial score (nSPS) is 11.0. The van der Waals surface area contributed by atoms with E-state index in [-0.39, 0.29) is 11.7 Å². The predicted molar refractivity (Wildman–Crippen MR) is 113 cm³/mol. The van der Waals surface area contributed by atoms with Gasteiger partial charge in [0.2, 0.25) is 10.0 Å². The number of rotatable bonds is 9. The molecule has 0 heterocycles. The summed E-state index contributed by atoms with van der Waals surface area (Å²) in [6.45, 7) is 2.30. The van der Waals surface area contributed by atoms with Crippen molar-refractivity contribution in [3.63, 3.8) is 0 Å². The molecule has 0 radical (unpaired) electrons. The minimum absolute atomic E-state index is 0.0189. The lowest BCUT2D eigenvalue weighted by Gasteiger charge is -2.18. The number of carbonyl (C=O) groups excluding carboxylic acids is 2. The van der Waals surface area contributed by atoms with Gasteiger partial charge in [0.25, 0.3) is 11.8 Å². The van der Waals surface area contributed by atoms with E-state index < -0.39 is 15.9 Å². The van der Waals surface area contributed by atoms with E-state index in [1.165, 1.54) is 23.5 Å². The van der Waals surface area contributed by atoms with Crippen LogP contribution < -0.4 is 14.9 Å². The van der Waals surface area contributed by atoms with Crippen LogP contribution in [0.2, 0.25) is 0 Å². The third-order valence-electron chi connectivity index (χ3n) is 4.29. The highest BCUT2D eigenvalue weighted by atomic mass is 32.2. The number of methoxy groups -OCH3 is 1. The second kappa shape index (κ2) is 10.0. The topological polar surface area (TPSA) is 105 Å². The van der Waals surface area contributed by atoms with Crippen molar-refractivity contribution in [3.05, 3.63) is 59.7 Å². The van der Waals surface area contributed by atoms with E-state index in [9.17, 15) is 18.0 Å². The van der Waals surface area contributed by atoms with Gasteiger partial charge < -0.3 is 15.4 Å². The number of nitrogens with one attached hydrogen (secondary N) is 2. The van der Waals surface area contributed by atoms with Crippen LogP contribution in [0, 0.1) is 0 Å². The van der Waals surface area contributed by atoms with Gasteiger partial charge in [0.05, 0.1) is 29.3 Å². The SMILES string of the molecule is CCS(=O)(=O)N(C)c1ccc(C(=O)Nc2ccccc2C(=O)NCCOC)cc1. The van der Waals surface area contributed by atoms with Crippen molar-refractivity contribution in [2.24, 2.45) is 0 Å². The molecule has 0 atom stereocenters. The summed E-state index contributed by atoms with van der Waals surface area (Å²) in [4.78, 5) is 24.9. The Labute approximate surface area is 170 Å². The van der Waals surface area contributed by atoms with E-state index >= 15 is 0 Å². The Bertz CT molecular complexity index is 958. The van der Waals surface area contributed by atoms with Crippen LogP contribution in [0.15, 0.2) is 48.5 Å². The molecule has 0 aliphatic rings. The fourth-order valence-corrected chi connectivity index (χ4v) is 3.35. The van der Waals surface area contributed by atoms with Crippen molar-refractivity contribution in [1.29, 1.82) is 0 Å². The lowest BCUT2D eigenvalue weighted by atomic mass is 10.1. The van der Waals surface area contributed by atoms with Crippen LogP contribution in [0.1, 0.15) is 27.6 Å². The zero-order valence-electron chi connectivity index (χ0n) is 16.6. The van der Waals surface area contributed by atoms with Gasteiger partial charge in [-0.25, -0.2) is 8.42 Å². The van der Waals surface area contributed by atoms with Crippen LogP contribution in [-0.4, -0.2) is 53.3 Å². The second-order valence-electron chi connectivity index (χ2n) is 6.16. The maximum Gasteiger partial charge on any atom is 0.255 e. The number of benzene rings is 2. The summed E-state index contributed by atoms with van der Waals surface area (Å²) in [7, 11) is -0.371. The summed E-state index contributed by atoms with van der Waals surface area (Å²) >= 11 is 0. The average Bonchev–Trinajstić information content (AvgIpc) is 2.73. The molecule has 0 aromatic heterocycles. The molecule has 2 rings (SSSR count). The number of hydrogen-bond donors (Lipinski definition) is 2. The molecule has 0 spiro atoms. The number of anilines is 2. The zero-order chi connectivity index (χ0) is 21.4. The monoisotopic (exact) mass is 419 g/mol. The molecular weight excluding hydrogens is 394 g/mol. The first-order valence-corrected chi connectivity index (χ1v) is 10.6. The molecule has 2 N–H and O–H groups in total. The molecule has 29 heavy (non-hydrogen) atoms. The standard InChI is InChI=1S/C20H25N3O5S/c1-4-29(26,27)23(2)16-11-9-15(10-12-16)19(24)22-18-8-6-5-7-17(18)20(25)21-13-14-28-3/h5-12H,4,13-14H2,1-3H3,(H,21,25)(H,22,24). The summed E-state index contributed by atoms with van der Waals surface area (Å²) in [5.74, 6) is -0.746. The Kier molecular flexibility index (Phi) is 7.74. The van der Waals surface area contributed by atoms with Gasteiger partial charge in [-0.2, -0.15) is 0 Å². The highest BCUT2D eigenvalue weighted by Crippen LogP contribution is 2.20. The minimum atomic E-state index is -3.38. The molecule has 0 saturated heterocycles.